The first-order valence-corrected chi connectivity index (χ1v) is 13.6. The molecule has 0 aliphatic carbocycles. The number of hydrogen-bond acceptors (Lipinski definition) is 7. The molecule has 0 unspecified atom stereocenters. The molecule has 0 saturated carbocycles. The minimum atomic E-state index is -4.18. The van der Waals surface area contributed by atoms with Crippen LogP contribution in [0, 0.1) is 36.8 Å². The number of benzene rings is 2. The molecule has 3 rings (SSSR count). The first-order chi connectivity index (χ1) is 17.7. The van der Waals surface area contributed by atoms with Crippen molar-refractivity contribution in [2.24, 2.45) is 5.92 Å². The van der Waals surface area contributed by atoms with Gasteiger partial charge in [-0.15, -0.1) is 0 Å². The Labute approximate surface area is 222 Å². The van der Waals surface area contributed by atoms with Crippen molar-refractivity contribution in [2.45, 2.75) is 59.4 Å². The highest BCUT2D eigenvalue weighted by Gasteiger charge is 2.28. The molecule has 2 N–H and O–H groups in total. The van der Waals surface area contributed by atoms with Gasteiger partial charge in [0.2, 0.25) is 15.9 Å². The topological polar surface area (TPSA) is 145 Å². The van der Waals surface area contributed by atoms with Crippen molar-refractivity contribution in [3.63, 3.8) is 0 Å². The van der Waals surface area contributed by atoms with E-state index in [4.69, 9.17) is 4.74 Å². The molecule has 0 radical (unpaired) electrons. The van der Waals surface area contributed by atoms with Gasteiger partial charge >= 0.3 is 0 Å². The summed E-state index contributed by atoms with van der Waals surface area (Å²) in [4.78, 5) is 23.3. The fourth-order valence-electron chi connectivity index (χ4n) is 3.64. The maximum atomic E-state index is 13.2. The molecule has 2 aromatic carbocycles. The third kappa shape index (κ3) is 6.20. The zero-order chi connectivity index (χ0) is 28.4. The maximum Gasteiger partial charge on any atom is 0.272 e. The van der Waals surface area contributed by atoms with Crippen LogP contribution in [-0.4, -0.2) is 41.6 Å². The highest BCUT2D eigenvalue weighted by Crippen LogP contribution is 2.36. The van der Waals surface area contributed by atoms with Crippen molar-refractivity contribution >= 4 is 21.6 Å². The lowest BCUT2D eigenvalue weighted by Gasteiger charge is -2.16. The zero-order valence-corrected chi connectivity index (χ0v) is 23.3. The zero-order valence-electron chi connectivity index (χ0n) is 22.5. The van der Waals surface area contributed by atoms with Crippen molar-refractivity contribution in [1.29, 1.82) is 0 Å². The second kappa shape index (κ2) is 11.3. The van der Waals surface area contributed by atoms with Gasteiger partial charge < -0.3 is 10.1 Å². The van der Waals surface area contributed by atoms with Crippen LogP contribution in [0.4, 0.5) is 5.69 Å². The van der Waals surface area contributed by atoms with Crippen molar-refractivity contribution in [3.8, 4) is 17.3 Å². The van der Waals surface area contributed by atoms with E-state index in [0.29, 0.717) is 11.3 Å². The molecule has 12 heteroatoms. The van der Waals surface area contributed by atoms with Gasteiger partial charge in [-0.1, -0.05) is 26.0 Å². The molecule has 38 heavy (non-hydrogen) atoms. The summed E-state index contributed by atoms with van der Waals surface area (Å²) in [5, 5.41) is 18.8. The lowest BCUT2D eigenvalue weighted by molar-refractivity contribution is -0.385. The number of rotatable bonds is 10. The van der Waals surface area contributed by atoms with Crippen LogP contribution < -0.4 is 14.8 Å². The van der Waals surface area contributed by atoms with Crippen LogP contribution in [0.1, 0.15) is 54.9 Å². The van der Waals surface area contributed by atoms with E-state index < -0.39 is 31.4 Å². The summed E-state index contributed by atoms with van der Waals surface area (Å²) in [6, 6.07) is 8.79. The highest BCUT2D eigenvalue weighted by atomic mass is 32.2. The molecular weight excluding hydrogens is 510 g/mol. The minimum Gasteiger partial charge on any atom is -0.437 e. The van der Waals surface area contributed by atoms with E-state index in [1.54, 1.807) is 6.92 Å². The summed E-state index contributed by atoms with van der Waals surface area (Å²) >= 11 is 0. The normalized spacial score (nSPS) is 11.7. The van der Waals surface area contributed by atoms with Crippen LogP contribution in [-0.2, 0) is 10.0 Å². The van der Waals surface area contributed by atoms with Crippen molar-refractivity contribution in [1.82, 2.24) is 19.8 Å². The minimum absolute atomic E-state index is 0.00263. The summed E-state index contributed by atoms with van der Waals surface area (Å²) in [6.07, 6.45) is 0. The van der Waals surface area contributed by atoms with Gasteiger partial charge in [-0.25, -0.2) is 13.1 Å². The lowest BCUT2D eigenvalue weighted by Crippen LogP contribution is -2.31. The summed E-state index contributed by atoms with van der Waals surface area (Å²) in [7, 11) is -4.18. The number of nitrogens with one attached hydrogen (secondary N) is 2. The fourth-order valence-corrected chi connectivity index (χ4v) is 5.00. The molecule has 1 amide bonds. The molecule has 0 atom stereocenters. The van der Waals surface area contributed by atoms with Crippen molar-refractivity contribution in [3.05, 3.63) is 68.9 Å². The Hall–Kier alpha value is -3.77. The van der Waals surface area contributed by atoms with E-state index in [1.165, 1.54) is 10.7 Å². The third-order valence-electron chi connectivity index (χ3n) is 5.82. The van der Waals surface area contributed by atoms with Gasteiger partial charge in [0, 0.05) is 30.3 Å². The number of nitrogens with zero attached hydrogens (tertiary/aromatic N) is 3. The van der Waals surface area contributed by atoms with Gasteiger partial charge in [-0.2, -0.15) is 9.78 Å². The standard InChI is InChI=1S/C26H33N5O6S/c1-15(2)14-27-38(35,36)23-13-20(31(33)34)11-12-22(23)37-26-19(7)24(25(32)28-16(3)4)29-30(26)21-10-8-9-17(5)18(21)6/h8-13,15-16,27H,14H2,1-7H3,(H,28,32). The van der Waals surface area contributed by atoms with Crippen LogP contribution in [0.5, 0.6) is 11.6 Å². The number of nitro groups is 1. The monoisotopic (exact) mass is 543 g/mol. The quantitative estimate of drug-likeness (QED) is 0.281. The molecule has 204 valence electrons. The third-order valence-corrected chi connectivity index (χ3v) is 7.27. The van der Waals surface area contributed by atoms with E-state index in [0.717, 1.165) is 23.3 Å². The molecule has 3 aromatic rings. The van der Waals surface area contributed by atoms with E-state index in [1.807, 2.05) is 59.7 Å². The predicted octanol–water partition coefficient (Wildman–Crippen LogP) is 4.57. The molecule has 1 aromatic heterocycles. The van der Waals surface area contributed by atoms with Crippen molar-refractivity contribution < 1.29 is 22.9 Å². The lowest BCUT2D eigenvalue weighted by atomic mass is 10.1. The number of aromatic nitrogens is 2. The Morgan fingerprint density at radius 3 is 2.39 bits per heavy atom. The maximum absolute atomic E-state index is 13.2. The van der Waals surface area contributed by atoms with E-state index in [9.17, 15) is 23.3 Å². The van der Waals surface area contributed by atoms with Crippen LogP contribution in [0.3, 0.4) is 0 Å². The number of carbonyl (C=O) groups is 1. The number of hydrogen-bond donors (Lipinski definition) is 2. The number of sulfonamides is 1. The Balaban J connectivity index is 2.24. The summed E-state index contributed by atoms with van der Waals surface area (Å²) in [5.74, 6) is -0.441. The van der Waals surface area contributed by atoms with Crippen LogP contribution >= 0.6 is 0 Å². The molecule has 1 heterocycles. The van der Waals surface area contributed by atoms with Crippen molar-refractivity contribution in [2.75, 3.05) is 6.54 Å². The number of non-ortho nitro benzene ring substituents is 1. The van der Waals surface area contributed by atoms with Gasteiger partial charge in [0.05, 0.1) is 10.6 Å². The first kappa shape index (κ1) is 28.8. The fraction of sp³-hybridized carbons (Fsp3) is 0.385. The van der Waals surface area contributed by atoms with E-state index in [-0.39, 0.29) is 35.8 Å². The molecule has 11 nitrogen and oxygen atoms in total. The second-order valence-electron chi connectivity index (χ2n) is 9.77. The van der Waals surface area contributed by atoms with Crippen LogP contribution in [0.15, 0.2) is 41.3 Å². The molecule has 0 aliphatic rings. The van der Waals surface area contributed by atoms with Crippen LogP contribution in [0.25, 0.3) is 5.69 Å². The number of carbonyl (C=O) groups excluding carboxylic acids is 1. The van der Waals surface area contributed by atoms with Gasteiger partial charge in [-0.05, 0) is 63.8 Å². The average Bonchev–Trinajstić information content (AvgIpc) is 3.15. The molecule has 0 bridgehead atoms. The Bertz CT molecular complexity index is 1480. The summed E-state index contributed by atoms with van der Waals surface area (Å²) < 4.78 is 36.5. The average molecular weight is 544 g/mol. The largest absolute Gasteiger partial charge is 0.437 e. The second-order valence-corrected chi connectivity index (χ2v) is 11.5. The van der Waals surface area contributed by atoms with Gasteiger partial charge in [0.15, 0.2) is 5.69 Å². The molecule has 0 saturated heterocycles. The highest BCUT2D eigenvalue weighted by molar-refractivity contribution is 7.89. The Morgan fingerprint density at radius 1 is 1.11 bits per heavy atom. The number of ether oxygens (including phenoxy) is 1. The van der Waals surface area contributed by atoms with Gasteiger partial charge in [0.1, 0.15) is 10.6 Å². The molecule has 0 aliphatic heterocycles. The van der Waals surface area contributed by atoms with Gasteiger partial charge in [0.25, 0.3) is 11.6 Å². The molecule has 0 spiro atoms. The summed E-state index contributed by atoms with van der Waals surface area (Å²) in [6.45, 7) is 12.9. The molecular formula is C26H33N5O6S. The molecule has 0 fully saturated rings. The number of nitro benzene ring substituents is 1. The number of aryl methyl sites for hydroxylation is 1. The number of amides is 1. The Kier molecular flexibility index (Phi) is 8.58. The SMILES string of the molecule is Cc1cccc(-n2nc(C(=O)NC(C)C)c(C)c2Oc2ccc([N+](=O)[O-])cc2S(=O)(=O)NCC(C)C)c1C. The first-order valence-electron chi connectivity index (χ1n) is 12.2. The predicted molar refractivity (Wildman–Crippen MR) is 144 cm³/mol. The van der Waals surface area contributed by atoms with E-state index in [2.05, 4.69) is 15.1 Å². The van der Waals surface area contributed by atoms with Gasteiger partial charge in [-0.3, -0.25) is 14.9 Å². The Morgan fingerprint density at radius 2 is 1.79 bits per heavy atom. The van der Waals surface area contributed by atoms with E-state index >= 15 is 0 Å². The smallest absolute Gasteiger partial charge is 0.272 e. The van der Waals surface area contributed by atoms with Crippen LogP contribution in [0.2, 0.25) is 0 Å². The summed E-state index contributed by atoms with van der Waals surface area (Å²) in [5.41, 5.74) is 2.58.